The molecule has 0 atom stereocenters. The van der Waals surface area contributed by atoms with Crippen molar-refractivity contribution in [3.63, 3.8) is 0 Å². The summed E-state index contributed by atoms with van der Waals surface area (Å²) in [5, 5.41) is 0. The number of hydrogen-bond donors (Lipinski definition) is 0. The van der Waals surface area contributed by atoms with Gasteiger partial charge in [0.05, 0.1) is 26.9 Å². The SMILES string of the molecule is COC(=O)c1cc(OC)c(OC)c(OCc2ccccc2)c1C. The summed E-state index contributed by atoms with van der Waals surface area (Å²) >= 11 is 0. The Morgan fingerprint density at radius 1 is 1.00 bits per heavy atom. The molecule has 0 saturated carbocycles. The summed E-state index contributed by atoms with van der Waals surface area (Å²) in [6.07, 6.45) is 0. The van der Waals surface area contributed by atoms with Crippen molar-refractivity contribution in [2.24, 2.45) is 0 Å². The highest BCUT2D eigenvalue weighted by molar-refractivity contribution is 5.93. The number of hydrogen-bond acceptors (Lipinski definition) is 5. The lowest BCUT2D eigenvalue weighted by atomic mass is 10.1. The number of methoxy groups -OCH3 is 3. The summed E-state index contributed by atoms with van der Waals surface area (Å²) in [4.78, 5) is 12.0. The Balaban J connectivity index is 2.44. The molecule has 0 fully saturated rings. The Morgan fingerprint density at radius 2 is 1.70 bits per heavy atom. The van der Waals surface area contributed by atoms with Crippen molar-refractivity contribution >= 4 is 5.97 Å². The average molecular weight is 316 g/mol. The van der Waals surface area contributed by atoms with Gasteiger partial charge in [-0.25, -0.2) is 4.79 Å². The van der Waals surface area contributed by atoms with Crippen molar-refractivity contribution in [2.75, 3.05) is 21.3 Å². The fourth-order valence-corrected chi connectivity index (χ4v) is 2.28. The smallest absolute Gasteiger partial charge is 0.338 e. The maximum absolute atomic E-state index is 12.0. The van der Waals surface area contributed by atoms with E-state index in [0.29, 0.717) is 35.0 Å². The van der Waals surface area contributed by atoms with Gasteiger partial charge in [-0.3, -0.25) is 0 Å². The van der Waals surface area contributed by atoms with Crippen LogP contribution in [0.5, 0.6) is 17.2 Å². The predicted octanol–water partition coefficient (Wildman–Crippen LogP) is 3.38. The molecule has 2 aromatic rings. The zero-order valence-corrected chi connectivity index (χ0v) is 13.7. The lowest BCUT2D eigenvalue weighted by Crippen LogP contribution is -2.08. The van der Waals surface area contributed by atoms with Crippen molar-refractivity contribution in [1.29, 1.82) is 0 Å². The molecule has 0 aliphatic heterocycles. The number of ether oxygens (including phenoxy) is 4. The van der Waals surface area contributed by atoms with Crippen molar-refractivity contribution in [3.8, 4) is 17.2 Å². The lowest BCUT2D eigenvalue weighted by molar-refractivity contribution is 0.0598. The molecule has 122 valence electrons. The Kier molecular flexibility index (Phi) is 5.46. The molecule has 0 heterocycles. The van der Waals surface area contributed by atoms with E-state index in [4.69, 9.17) is 18.9 Å². The van der Waals surface area contributed by atoms with Crippen molar-refractivity contribution in [3.05, 3.63) is 53.1 Å². The van der Waals surface area contributed by atoms with E-state index in [9.17, 15) is 4.79 Å². The van der Waals surface area contributed by atoms with E-state index in [0.717, 1.165) is 5.56 Å². The third kappa shape index (κ3) is 3.56. The highest BCUT2D eigenvalue weighted by atomic mass is 16.5. The Labute approximate surface area is 135 Å². The first-order valence-corrected chi connectivity index (χ1v) is 7.13. The number of benzene rings is 2. The molecule has 5 heteroatoms. The van der Waals surface area contributed by atoms with Crippen LogP contribution in [0.3, 0.4) is 0 Å². The Hall–Kier alpha value is -2.69. The second-order valence-corrected chi connectivity index (χ2v) is 4.88. The van der Waals surface area contributed by atoms with Gasteiger partial charge in [0.1, 0.15) is 6.61 Å². The summed E-state index contributed by atoms with van der Waals surface area (Å²) in [6, 6.07) is 11.3. The van der Waals surface area contributed by atoms with Crippen LogP contribution >= 0.6 is 0 Å². The van der Waals surface area contributed by atoms with Crippen molar-refractivity contribution in [1.82, 2.24) is 0 Å². The quantitative estimate of drug-likeness (QED) is 0.765. The summed E-state index contributed by atoms with van der Waals surface area (Å²) in [5.74, 6) is 0.888. The Morgan fingerprint density at radius 3 is 2.26 bits per heavy atom. The zero-order valence-electron chi connectivity index (χ0n) is 13.7. The van der Waals surface area contributed by atoms with E-state index < -0.39 is 5.97 Å². The summed E-state index contributed by atoms with van der Waals surface area (Å²) in [5.41, 5.74) is 2.04. The molecule has 0 amide bonds. The molecule has 2 aromatic carbocycles. The van der Waals surface area contributed by atoms with E-state index in [1.807, 2.05) is 30.3 Å². The maximum Gasteiger partial charge on any atom is 0.338 e. The minimum atomic E-state index is -0.451. The lowest BCUT2D eigenvalue weighted by Gasteiger charge is -2.18. The molecule has 0 aliphatic rings. The van der Waals surface area contributed by atoms with Crippen LogP contribution in [-0.4, -0.2) is 27.3 Å². The van der Waals surface area contributed by atoms with Crippen LogP contribution in [0.4, 0.5) is 0 Å². The van der Waals surface area contributed by atoms with E-state index in [1.54, 1.807) is 13.0 Å². The van der Waals surface area contributed by atoms with Crippen LogP contribution in [0, 0.1) is 6.92 Å². The normalized spacial score (nSPS) is 10.1. The van der Waals surface area contributed by atoms with Crippen LogP contribution in [0.2, 0.25) is 0 Å². The van der Waals surface area contributed by atoms with E-state index in [2.05, 4.69) is 0 Å². The second-order valence-electron chi connectivity index (χ2n) is 4.88. The summed E-state index contributed by atoms with van der Waals surface area (Å²) < 4.78 is 21.4. The first kappa shape index (κ1) is 16.7. The molecular weight excluding hydrogens is 296 g/mol. The molecule has 0 spiro atoms. The maximum atomic E-state index is 12.0. The van der Waals surface area contributed by atoms with Crippen LogP contribution in [-0.2, 0) is 11.3 Å². The first-order chi connectivity index (χ1) is 11.1. The van der Waals surface area contributed by atoms with Crippen LogP contribution in [0.1, 0.15) is 21.5 Å². The Bertz CT molecular complexity index is 680. The number of carbonyl (C=O) groups is 1. The second kappa shape index (κ2) is 7.54. The van der Waals surface area contributed by atoms with Gasteiger partial charge in [-0.15, -0.1) is 0 Å². The van der Waals surface area contributed by atoms with Gasteiger partial charge in [-0.1, -0.05) is 30.3 Å². The zero-order chi connectivity index (χ0) is 16.8. The van der Waals surface area contributed by atoms with Gasteiger partial charge in [0.25, 0.3) is 0 Å². The minimum absolute atomic E-state index is 0.353. The third-order valence-electron chi connectivity index (χ3n) is 3.51. The number of esters is 1. The van der Waals surface area contributed by atoms with Gasteiger partial charge < -0.3 is 18.9 Å². The van der Waals surface area contributed by atoms with Crippen LogP contribution in [0.15, 0.2) is 36.4 Å². The van der Waals surface area contributed by atoms with Gasteiger partial charge in [0, 0.05) is 5.56 Å². The van der Waals surface area contributed by atoms with Crippen LogP contribution < -0.4 is 14.2 Å². The van der Waals surface area contributed by atoms with Gasteiger partial charge in [0.15, 0.2) is 11.5 Å². The highest BCUT2D eigenvalue weighted by Crippen LogP contribution is 2.42. The fourth-order valence-electron chi connectivity index (χ4n) is 2.28. The van der Waals surface area contributed by atoms with Gasteiger partial charge in [-0.05, 0) is 18.6 Å². The standard InChI is InChI=1S/C18H20O5/c1-12-14(18(19)22-4)10-15(20-2)17(21-3)16(12)23-11-13-8-6-5-7-9-13/h5-10H,11H2,1-4H3. The molecule has 0 bridgehead atoms. The number of rotatable bonds is 6. The minimum Gasteiger partial charge on any atom is -0.493 e. The molecule has 2 rings (SSSR count). The van der Waals surface area contributed by atoms with E-state index in [1.165, 1.54) is 21.3 Å². The molecule has 5 nitrogen and oxygen atoms in total. The summed E-state index contributed by atoms with van der Waals surface area (Å²) in [6.45, 7) is 2.14. The van der Waals surface area contributed by atoms with Crippen LogP contribution in [0.25, 0.3) is 0 Å². The fraction of sp³-hybridized carbons (Fsp3) is 0.278. The molecule has 0 N–H and O–H groups in total. The van der Waals surface area contributed by atoms with E-state index >= 15 is 0 Å². The van der Waals surface area contributed by atoms with Crippen molar-refractivity contribution < 1.29 is 23.7 Å². The highest BCUT2D eigenvalue weighted by Gasteiger charge is 2.22. The number of carbonyl (C=O) groups excluding carboxylic acids is 1. The first-order valence-electron chi connectivity index (χ1n) is 7.13. The molecular formula is C18H20O5. The predicted molar refractivity (Wildman–Crippen MR) is 86.4 cm³/mol. The monoisotopic (exact) mass is 316 g/mol. The largest absolute Gasteiger partial charge is 0.493 e. The van der Waals surface area contributed by atoms with Gasteiger partial charge >= 0.3 is 5.97 Å². The third-order valence-corrected chi connectivity index (χ3v) is 3.51. The van der Waals surface area contributed by atoms with Gasteiger partial charge in [-0.2, -0.15) is 0 Å². The average Bonchev–Trinajstić information content (AvgIpc) is 2.60. The molecule has 0 unspecified atom stereocenters. The molecule has 0 aromatic heterocycles. The van der Waals surface area contributed by atoms with Gasteiger partial charge in [0.2, 0.25) is 5.75 Å². The molecule has 0 aliphatic carbocycles. The summed E-state index contributed by atoms with van der Waals surface area (Å²) in [7, 11) is 4.38. The molecule has 0 saturated heterocycles. The topological polar surface area (TPSA) is 54.0 Å². The van der Waals surface area contributed by atoms with Crippen molar-refractivity contribution in [2.45, 2.75) is 13.5 Å². The molecule has 0 radical (unpaired) electrons. The van der Waals surface area contributed by atoms with E-state index in [-0.39, 0.29) is 0 Å². The molecule has 23 heavy (non-hydrogen) atoms.